The van der Waals surface area contributed by atoms with Crippen LogP contribution in [0, 0.1) is 11.2 Å². The summed E-state index contributed by atoms with van der Waals surface area (Å²) in [6, 6.07) is 15.6. The van der Waals surface area contributed by atoms with E-state index in [2.05, 4.69) is 10.6 Å². The van der Waals surface area contributed by atoms with Crippen molar-refractivity contribution in [3.05, 3.63) is 88.1 Å². The van der Waals surface area contributed by atoms with E-state index in [0.717, 1.165) is 67.7 Å². The van der Waals surface area contributed by atoms with E-state index >= 15 is 0 Å². The lowest BCUT2D eigenvalue weighted by molar-refractivity contribution is -0.0590. The number of ether oxygens (including phenoxy) is 2. The van der Waals surface area contributed by atoms with Crippen LogP contribution in [0.2, 0.25) is 5.02 Å². The Balaban J connectivity index is 1.05. The molecule has 0 amide bonds. The second-order valence-electron chi connectivity index (χ2n) is 11.7. The van der Waals surface area contributed by atoms with Gasteiger partial charge in [0, 0.05) is 40.8 Å². The zero-order valence-corrected chi connectivity index (χ0v) is 23.3. The van der Waals surface area contributed by atoms with Crippen molar-refractivity contribution >= 4 is 28.6 Å². The molecule has 2 aliphatic carbocycles. The van der Waals surface area contributed by atoms with Crippen molar-refractivity contribution in [1.82, 2.24) is 14.5 Å². The minimum absolute atomic E-state index is 0.0930. The molecule has 0 radical (unpaired) electrons. The molecule has 1 N–H and O–H groups in total. The number of carboxylic acids is 1. The summed E-state index contributed by atoms with van der Waals surface area (Å²) in [7, 11) is 0. The van der Waals surface area contributed by atoms with Gasteiger partial charge in [-0.25, -0.2) is 19.2 Å². The molecular formula is C32H31ClFN3O4. The van der Waals surface area contributed by atoms with Gasteiger partial charge in [0.05, 0.1) is 29.2 Å². The molecule has 1 saturated heterocycles. The number of carbonyl (C=O) groups is 1. The molecule has 2 aromatic carbocycles. The highest BCUT2D eigenvalue weighted by Crippen LogP contribution is 2.67. The highest BCUT2D eigenvalue weighted by molar-refractivity contribution is 6.30. The van der Waals surface area contributed by atoms with Crippen LogP contribution in [0.1, 0.15) is 77.8 Å². The van der Waals surface area contributed by atoms with E-state index in [0.29, 0.717) is 34.8 Å². The largest absolute Gasteiger partial charge is 0.478 e. The van der Waals surface area contributed by atoms with E-state index in [1.54, 1.807) is 24.3 Å². The summed E-state index contributed by atoms with van der Waals surface area (Å²) < 4.78 is 28.0. The number of pyridine rings is 1. The smallest absolute Gasteiger partial charge is 0.335 e. The van der Waals surface area contributed by atoms with Gasteiger partial charge >= 0.3 is 5.97 Å². The molecule has 3 fully saturated rings. The van der Waals surface area contributed by atoms with Crippen molar-refractivity contribution in [2.75, 3.05) is 6.61 Å². The van der Waals surface area contributed by atoms with Gasteiger partial charge in [-0.05, 0) is 80.3 Å². The van der Waals surface area contributed by atoms with Gasteiger partial charge in [-0.15, -0.1) is 0 Å². The molecule has 7 rings (SSSR count). The lowest BCUT2D eigenvalue weighted by Crippen LogP contribution is -2.32. The van der Waals surface area contributed by atoms with Crippen LogP contribution in [0.4, 0.5) is 4.39 Å². The van der Waals surface area contributed by atoms with Crippen LogP contribution < -0.4 is 4.74 Å². The van der Waals surface area contributed by atoms with Crippen LogP contribution in [-0.2, 0) is 17.9 Å². The predicted octanol–water partition coefficient (Wildman–Crippen LogP) is 7.12. The molecule has 1 aliphatic heterocycles. The standard InChI is InChI=1S/C32H31ClFN3O4/c33-22-6-4-21(25(34)15-22)18-41-29-3-1-2-26(35-29)19-8-11-32(12-9-19)16-24(32)30-36-27-7-5-20(31(38)39)14-28(27)37(30)17-23-10-13-40-23/h1-7,14-15,19,23-24H,8-13,16-18H2,(H,38,39). The van der Waals surface area contributed by atoms with Crippen LogP contribution >= 0.6 is 11.6 Å². The molecule has 7 nitrogen and oxygen atoms in total. The highest BCUT2D eigenvalue weighted by atomic mass is 35.5. The Morgan fingerprint density at radius 2 is 1.95 bits per heavy atom. The first-order valence-electron chi connectivity index (χ1n) is 14.3. The first-order chi connectivity index (χ1) is 19.9. The molecule has 41 heavy (non-hydrogen) atoms. The molecular weight excluding hydrogens is 545 g/mol. The van der Waals surface area contributed by atoms with Crippen molar-refractivity contribution in [2.45, 2.75) is 69.6 Å². The van der Waals surface area contributed by atoms with Gasteiger partial charge in [0.25, 0.3) is 0 Å². The van der Waals surface area contributed by atoms with Gasteiger partial charge in [-0.1, -0.05) is 23.7 Å². The number of nitrogens with zero attached hydrogens (tertiary/aromatic N) is 3. The van der Waals surface area contributed by atoms with Crippen molar-refractivity contribution < 1.29 is 23.8 Å². The molecule has 2 saturated carbocycles. The van der Waals surface area contributed by atoms with Crippen molar-refractivity contribution in [3.63, 3.8) is 0 Å². The van der Waals surface area contributed by atoms with Gasteiger partial charge in [-0.2, -0.15) is 0 Å². The van der Waals surface area contributed by atoms with Crippen LogP contribution in [0.15, 0.2) is 54.6 Å². The monoisotopic (exact) mass is 575 g/mol. The fraction of sp³-hybridized carbons (Fsp3) is 0.406. The Morgan fingerprint density at radius 3 is 2.68 bits per heavy atom. The Labute approximate surface area is 242 Å². The lowest BCUT2D eigenvalue weighted by atomic mass is 9.77. The van der Waals surface area contributed by atoms with Crippen molar-refractivity contribution in [3.8, 4) is 5.88 Å². The average Bonchev–Trinajstić information content (AvgIpc) is 3.51. The van der Waals surface area contributed by atoms with E-state index in [9.17, 15) is 14.3 Å². The Kier molecular flexibility index (Phi) is 6.70. The van der Waals surface area contributed by atoms with Crippen molar-refractivity contribution in [2.24, 2.45) is 5.41 Å². The number of aromatic carboxylic acids is 1. The minimum atomic E-state index is -0.928. The van der Waals surface area contributed by atoms with Crippen LogP contribution in [0.5, 0.6) is 5.88 Å². The molecule has 2 unspecified atom stereocenters. The molecule has 1 spiro atoms. The SMILES string of the molecule is O=C(O)c1ccc2nc(C3CC34CCC(c3cccc(OCc5ccc(Cl)cc5F)n3)CC4)n(CC3CCO3)c2c1. The first kappa shape index (κ1) is 26.4. The number of halogens is 2. The average molecular weight is 576 g/mol. The number of fused-ring (bicyclic) bond motifs is 1. The van der Waals surface area contributed by atoms with Crippen molar-refractivity contribution in [1.29, 1.82) is 0 Å². The Hall–Kier alpha value is -3.49. The summed E-state index contributed by atoms with van der Waals surface area (Å²) in [5, 5.41) is 9.91. The number of hydrogen-bond donors (Lipinski definition) is 1. The molecule has 212 valence electrons. The first-order valence-corrected chi connectivity index (χ1v) is 14.7. The fourth-order valence-corrected chi connectivity index (χ4v) is 6.81. The van der Waals surface area contributed by atoms with Gasteiger partial charge < -0.3 is 19.1 Å². The number of imidazole rings is 1. The topological polar surface area (TPSA) is 86.5 Å². The normalized spacial score (nSPS) is 25.3. The summed E-state index contributed by atoms with van der Waals surface area (Å²) in [6.45, 7) is 1.58. The van der Waals surface area contributed by atoms with Crippen LogP contribution in [0.3, 0.4) is 0 Å². The lowest BCUT2D eigenvalue weighted by Gasteiger charge is -2.30. The summed E-state index contributed by atoms with van der Waals surface area (Å²) in [6.07, 6.45) is 6.52. The van der Waals surface area contributed by atoms with Crippen LogP contribution in [0.25, 0.3) is 11.0 Å². The quantitative estimate of drug-likeness (QED) is 0.241. The summed E-state index contributed by atoms with van der Waals surface area (Å²) >= 11 is 5.86. The summed E-state index contributed by atoms with van der Waals surface area (Å²) in [4.78, 5) is 21.5. The molecule has 4 aromatic rings. The number of hydrogen-bond acceptors (Lipinski definition) is 5. The zero-order valence-electron chi connectivity index (χ0n) is 22.6. The van der Waals surface area contributed by atoms with Gasteiger partial charge in [-0.3, -0.25) is 0 Å². The number of rotatable bonds is 8. The van der Waals surface area contributed by atoms with E-state index < -0.39 is 5.97 Å². The van der Waals surface area contributed by atoms with E-state index in [-0.39, 0.29) is 29.5 Å². The zero-order chi connectivity index (χ0) is 28.1. The highest BCUT2D eigenvalue weighted by Gasteiger charge is 2.57. The third-order valence-electron chi connectivity index (χ3n) is 9.24. The molecule has 2 aromatic heterocycles. The van der Waals surface area contributed by atoms with Gasteiger partial charge in [0.15, 0.2) is 0 Å². The van der Waals surface area contributed by atoms with E-state index in [1.807, 2.05) is 18.2 Å². The minimum Gasteiger partial charge on any atom is -0.478 e. The third-order valence-corrected chi connectivity index (χ3v) is 9.48. The van der Waals surface area contributed by atoms with E-state index in [1.165, 1.54) is 6.07 Å². The molecule has 2 atom stereocenters. The number of aromatic nitrogens is 3. The van der Waals surface area contributed by atoms with E-state index in [4.69, 9.17) is 31.0 Å². The maximum atomic E-state index is 14.2. The second-order valence-corrected chi connectivity index (χ2v) is 12.1. The molecule has 3 heterocycles. The Morgan fingerprint density at radius 1 is 1.12 bits per heavy atom. The number of benzene rings is 2. The summed E-state index contributed by atoms with van der Waals surface area (Å²) in [5.74, 6) is 0.955. The molecule has 3 aliphatic rings. The van der Waals surface area contributed by atoms with Gasteiger partial charge in [0.1, 0.15) is 18.2 Å². The van der Waals surface area contributed by atoms with Crippen LogP contribution in [-0.4, -0.2) is 38.3 Å². The Bertz CT molecular complexity index is 1630. The second kappa shape index (κ2) is 10.4. The summed E-state index contributed by atoms with van der Waals surface area (Å²) in [5.41, 5.74) is 3.69. The van der Waals surface area contributed by atoms with Gasteiger partial charge in [0.2, 0.25) is 5.88 Å². The maximum Gasteiger partial charge on any atom is 0.335 e. The fourth-order valence-electron chi connectivity index (χ4n) is 6.65. The third kappa shape index (κ3) is 5.08. The predicted molar refractivity (Wildman–Crippen MR) is 152 cm³/mol. The molecule has 9 heteroatoms. The number of carboxylic acid groups (broad SMARTS) is 1. The maximum absolute atomic E-state index is 14.2. The molecule has 0 bridgehead atoms.